The first-order valence-electron chi connectivity index (χ1n) is 4.32. The summed E-state index contributed by atoms with van der Waals surface area (Å²) < 4.78 is 10.4. The molecule has 0 saturated carbocycles. The van der Waals surface area contributed by atoms with Crippen molar-refractivity contribution >= 4 is 0 Å². The van der Waals surface area contributed by atoms with Crippen molar-refractivity contribution in [2.75, 3.05) is 14.2 Å². The van der Waals surface area contributed by atoms with Crippen LogP contribution in [0.15, 0.2) is 12.1 Å². The van der Waals surface area contributed by atoms with Gasteiger partial charge in [0.05, 0.1) is 26.7 Å². The number of methoxy groups -OCH3 is 2. The number of nitriles is 1. The summed E-state index contributed by atoms with van der Waals surface area (Å²) in [5, 5.41) is 8.68. The first-order chi connectivity index (χ1) is 6.74. The molecule has 0 aliphatic heterocycles. The van der Waals surface area contributed by atoms with E-state index in [-0.39, 0.29) is 0 Å². The molecule has 0 unspecified atom stereocenters. The lowest BCUT2D eigenvalue weighted by atomic mass is 10.0. The van der Waals surface area contributed by atoms with E-state index < -0.39 is 0 Å². The highest BCUT2D eigenvalue weighted by Crippen LogP contribution is 2.33. The van der Waals surface area contributed by atoms with Gasteiger partial charge in [-0.3, -0.25) is 0 Å². The Morgan fingerprint density at radius 3 is 2.50 bits per heavy atom. The fraction of sp³-hybridized carbons (Fsp3) is 0.364. The number of hydrogen-bond acceptors (Lipinski definition) is 3. The number of aryl methyl sites for hydroxylation is 1. The topological polar surface area (TPSA) is 42.2 Å². The van der Waals surface area contributed by atoms with Crippen LogP contribution in [0.1, 0.15) is 11.1 Å². The molecule has 0 aromatic heterocycles. The minimum Gasteiger partial charge on any atom is -0.493 e. The zero-order valence-corrected chi connectivity index (χ0v) is 8.63. The van der Waals surface area contributed by atoms with Gasteiger partial charge in [0.25, 0.3) is 0 Å². The Hall–Kier alpha value is -1.69. The molecule has 0 N–H and O–H groups in total. The minimum atomic E-state index is 0.339. The van der Waals surface area contributed by atoms with Crippen LogP contribution in [0.3, 0.4) is 0 Å². The summed E-state index contributed by atoms with van der Waals surface area (Å²) in [5.74, 6) is 1.33. The van der Waals surface area contributed by atoms with Gasteiger partial charge in [-0.2, -0.15) is 5.26 Å². The molecule has 1 aromatic rings. The van der Waals surface area contributed by atoms with Crippen molar-refractivity contribution in [2.24, 2.45) is 0 Å². The van der Waals surface area contributed by atoms with Gasteiger partial charge < -0.3 is 9.47 Å². The highest BCUT2D eigenvalue weighted by Gasteiger charge is 2.11. The largest absolute Gasteiger partial charge is 0.493 e. The van der Waals surface area contributed by atoms with E-state index in [0.717, 1.165) is 11.1 Å². The van der Waals surface area contributed by atoms with E-state index in [1.807, 2.05) is 19.1 Å². The van der Waals surface area contributed by atoms with Crippen LogP contribution < -0.4 is 9.47 Å². The van der Waals surface area contributed by atoms with Crippen LogP contribution in [0.5, 0.6) is 11.5 Å². The van der Waals surface area contributed by atoms with Crippen LogP contribution in [0, 0.1) is 18.3 Å². The molecule has 74 valence electrons. The van der Waals surface area contributed by atoms with Crippen molar-refractivity contribution in [3.8, 4) is 17.6 Å². The maximum Gasteiger partial charge on any atom is 0.165 e. The smallest absolute Gasteiger partial charge is 0.165 e. The van der Waals surface area contributed by atoms with E-state index in [0.29, 0.717) is 17.9 Å². The van der Waals surface area contributed by atoms with Gasteiger partial charge in [-0.25, -0.2) is 0 Å². The second-order valence-electron chi connectivity index (χ2n) is 2.93. The van der Waals surface area contributed by atoms with Gasteiger partial charge in [-0.1, -0.05) is 6.07 Å². The molecule has 14 heavy (non-hydrogen) atoms. The predicted molar refractivity (Wildman–Crippen MR) is 53.6 cm³/mol. The van der Waals surface area contributed by atoms with Crippen molar-refractivity contribution in [2.45, 2.75) is 13.3 Å². The Morgan fingerprint density at radius 1 is 1.29 bits per heavy atom. The summed E-state index contributed by atoms with van der Waals surface area (Å²) >= 11 is 0. The van der Waals surface area contributed by atoms with Gasteiger partial charge in [-0.15, -0.1) is 0 Å². The molecule has 0 heterocycles. The van der Waals surface area contributed by atoms with E-state index in [2.05, 4.69) is 6.07 Å². The van der Waals surface area contributed by atoms with Gasteiger partial charge in [0.1, 0.15) is 0 Å². The fourth-order valence-electron chi connectivity index (χ4n) is 1.39. The maximum absolute atomic E-state index is 8.68. The monoisotopic (exact) mass is 191 g/mol. The summed E-state index contributed by atoms with van der Waals surface area (Å²) in [4.78, 5) is 0. The second kappa shape index (κ2) is 4.52. The Morgan fingerprint density at radius 2 is 2.00 bits per heavy atom. The third-order valence-electron chi connectivity index (χ3n) is 2.14. The van der Waals surface area contributed by atoms with Crippen molar-refractivity contribution in [3.63, 3.8) is 0 Å². The Bertz CT molecular complexity index is 366. The van der Waals surface area contributed by atoms with E-state index in [1.54, 1.807) is 14.2 Å². The molecule has 0 amide bonds. The highest BCUT2D eigenvalue weighted by atomic mass is 16.5. The summed E-state index contributed by atoms with van der Waals surface area (Å²) in [6.45, 7) is 1.95. The van der Waals surface area contributed by atoms with Gasteiger partial charge >= 0.3 is 0 Å². The average Bonchev–Trinajstić information content (AvgIpc) is 2.21. The maximum atomic E-state index is 8.68. The van der Waals surface area contributed by atoms with Crippen molar-refractivity contribution < 1.29 is 9.47 Å². The number of nitrogens with zero attached hydrogens (tertiary/aromatic N) is 1. The van der Waals surface area contributed by atoms with Gasteiger partial charge in [0.2, 0.25) is 0 Å². The van der Waals surface area contributed by atoms with Gasteiger partial charge in [0, 0.05) is 5.56 Å². The molecule has 1 rings (SSSR count). The summed E-state index contributed by atoms with van der Waals surface area (Å²) in [6.07, 6.45) is 0.339. The lowest BCUT2D eigenvalue weighted by Gasteiger charge is -2.12. The van der Waals surface area contributed by atoms with Crippen LogP contribution >= 0.6 is 0 Å². The second-order valence-corrected chi connectivity index (χ2v) is 2.93. The third-order valence-corrected chi connectivity index (χ3v) is 2.14. The zero-order valence-electron chi connectivity index (χ0n) is 8.63. The van der Waals surface area contributed by atoms with Gasteiger partial charge in [0.15, 0.2) is 11.5 Å². The van der Waals surface area contributed by atoms with Crippen LogP contribution in [0.2, 0.25) is 0 Å². The Kier molecular flexibility index (Phi) is 3.35. The van der Waals surface area contributed by atoms with Crippen LogP contribution in [-0.2, 0) is 6.42 Å². The van der Waals surface area contributed by atoms with Crippen molar-refractivity contribution in [3.05, 3.63) is 23.3 Å². The lowest BCUT2D eigenvalue weighted by molar-refractivity contribution is 0.352. The van der Waals surface area contributed by atoms with Crippen molar-refractivity contribution in [1.29, 1.82) is 5.26 Å². The SMILES string of the molecule is COc1ccc(C)c(CC#N)c1OC. The standard InChI is InChI=1S/C11H13NO2/c1-8-4-5-10(13-2)11(14-3)9(8)6-7-12/h4-5H,6H2,1-3H3. The third kappa shape index (κ3) is 1.80. The van der Waals surface area contributed by atoms with E-state index in [9.17, 15) is 0 Å². The molecule has 0 saturated heterocycles. The first-order valence-corrected chi connectivity index (χ1v) is 4.32. The number of hydrogen-bond donors (Lipinski definition) is 0. The van der Waals surface area contributed by atoms with Gasteiger partial charge in [-0.05, 0) is 18.6 Å². The van der Waals surface area contributed by atoms with E-state index >= 15 is 0 Å². The average molecular weight is 191 g/mol. The molecule has 3 nitrogen and oxygen atoms in total. The lowest BCUT2D eigenvalue weighted by Crippen LogP contribution is -1.97. The van der Waals surface area contributed by atoms with Crippen LogP contribution in [0.25, 0.3) is 0 Å². The highest BCUT2D eigenvalue weighted by molar-refractivity contribution is 5.51. The predicted octanol–water partition coefficient (Wildman–Crippen LogP) is 2.08. The molecular weight excluding hydrogens is 178 g/mol. The Balaban J connectivity index is 3.28. The van der Waals surface area contributed by atoms with E-state index in [1.165, 1.54) is 0 Å². The summed E-state index contributed by atoms with van der Waals surface area (Å²) in [5.41, 5.74) is 1.94. The summed E-state index contributed by atoms with van der Waals surface area (Å²) in [7, 11) is 3.17. The molecule has 0 bridgehead atoms. The number of ether oxygens (including phenoxy) is 2. The molecule has 0 aliphatic rings. The molecular formula is C11H13NO2. The number of rotatable bonds is 3. The normalized spacial score (nSPS) is 9.29. The molecule has 3 heteroatoms. The quantitative estimate of drug-likeness (QED) is 0.734. The van der Waals surface area contributed by atoms with Crippen LogP contribution in [-0.4, -0.2) is 14.2 Å². The molecule has 1 aromatic carbocycles. The summed E-state index contributed by atoms with van der Waals surface area (Å²) in [6, 6.07) is 5.88. The Labute approximate surface area is 83.9 Å². The molecule has 0 spiro atoms. The molecule has 0 atom stereocenters. The van der Waals surface area contributed by atoms with Crippen molar-refractivity contribution in [1.82, 2.24) is 0 Å². The van der Waals surface area contributed by atoms with Crippen LogP contribution in [0.4, 0.5) is 0 Å². The fourth-order valence-corrected chi connectivity index (χ4v) is 1.39. The zero-order chi connectivity index (χ0) is 10.6. The molecule has 0 fully saturated rings. The molecule has 0 aliphatic carbocycles. The number of benzene rings is 1. The van der Waals surface area contributed by atoms with E-state index in [4.69, 9.17) is 14.7 Å². The first kappa shape index (κ1) is 10.4. The molecule has 0 radical (unpaired) electrons. The minimum absolute atomic E-state index is 0.339.